The number of amides is 1. The lowest BCUT2D eigenvalue weighted by molar-refractivity contribution is -0.116. The van der Waals surface area contributed by atoms with E-state index in [2.05, 4.69) is 10.2 Å². The van der Waals surface area contributed by atoms with E-state index in [1.165, 1.54) is 11.8 Å². The quantitative estimate of drug-likeness (QED) is 0.595. The van der Waals surface area contributed by atoms with E-state index in [4.69, 9.17) is 0 Å². The van der Waals surface area contributed by atoms with Crippen LogP contribution in [-0.4, -0.2) is 22.0 Å². The Bertz CT molecular complexity index is 813. The van der Waals surface area contributed by atoms with E-state index in [1.54, 1.807) is 4.90 Å². The number of carbonyl (C=O) groups is 1. The third-order valence-corrected chi connectivity index (χ3v) is 5.37. The van der Waals surface area contributed by atoms with Gasteiger partial charge in [0.1, 0.15) is 0 Å². The fraction of sp³-hybridized carbons (Fsp3) is 0.250. The molecule has 0 saturated carbocycles. The van der Waals surface area contributed by atoms with Gasteiger partial charge in [-0.05, 0) is 38.0 Å². The van der Waals surface area contributed by atoms with E-state index < -0.39 is 0 Å². The second-order valence-electron chi connectivity index (χ2n) is 5.96. The maximum Gasteiger partial charge on any atom is 0.246 e. The molecule has 0 aliphatic carbocycles. The number of thioether (sulfide) groups is 1. The molecule has 3 rings (SSSR count). The number of rotatable bonds is 4. The zero-order chi connectivity index (χ0) is 17.8. The predicted molar refractivity (Wildman–Crippen MR) is 106 cm³/mol. The average Bonchev–Trinajstić information content (AvgIpc) is 2.97. The standard InChI is InChI=1S/C20H21N3OS/c1-4-18-19(24)23(17-12-10-14(2)11-13-17)20(25-18)22-21-15(3)16-8-6-5-7-9-16/h5-13,18H,4H2,1-3H3/t18-/m1/s1. The van der Waals surface area contributed by atoms with Crippen molar-refractivity contribution in [2.45, 2.75) is 32.4 Å². The van der Waals surface area contributed by atoms with Gasteiger partial charge >= 0.3 is 0 Å². The molecule has 1 amide bonds. The molecule has 1 fully saturated rings. The van der Waals surface area contributed by atoms with Crippen LogP contribution >= 0.6 is 11.8 Å². The van der Waals surface area contributed by atoms with Crippen molar-refractivity contribution in [2.75, 3.05) is 4.90 Å². The second-order valence-corrected chi connectivity index (χ2v) is 7.13. The van der Waals surface area contributed by atoms with Crippen molar-refractivity contribution < 1.29 is 4.79 Å². The van der Waals surface area contributed by atoms with E-state index in [0.29, 0.717) is 5.17 Å². The highest BCUT2D eigenvalue weighted by Crippen LogP contribution is 2.33. The van der Waals surface area contributed by atoms with Gasteiger partial charge in [0.2, 0.25) is 5.91 Å². The SMILES string of the molecule is CC[C@H]1SC(=NN=C(C)c2ccccc2)N(c2ccc(C)cc2)C1=O. The Kier molecular flexibility index (Phi) is 5.34. The monoisotopic (exact) mass is 351 g/mol. The van der Waals surface area contributed by atoms with Gasteiger partial charge in [-0.25, -0.2) is 0 Å². The van der Waals surface area contributed by atoms with Gasteiger partial charge in [0, 0.05) is 0 Å². The fourth-order valence-corrected chi connectivity index (χ4v) is 3.60. The highest BCUT2D eigenvalue weighted by molar-refractivity contribution is 8.16. The molecule has 1 saturated heterocycles. The zero-order valence-corrected chi connectivity index (χ0v) is 15.5. The smallest absolute Gasteiger partial charge is 0.246 e. The average molecular weight is 351 g/mol. The van der Waals surface area contributed by atoms with E-state index in [1.807, 2.05) is 75.4 Å². The van der Waals surface area contributed by atoms with Gasteiger partial charge in [-0.1, -0.05) is 66.7 Å². The van der Waals surface area contributed by atoms with Gasteiger partial charge in [-0.15, -0.1) is 5.10 Å². The lowest BCUT2D eigenvalue weighted by Gasteiger charge is -2.16. The zero-order valence-electron chi connectivity index (χ0n) is 14.6. The summed E-state index contributed by atoms with van der Waals surface area (Å²) >= 11 is 1.48. The Morgan fingerprint density at radius 1 is 1.12 bits per heavy atom. The van der Waals surface area contributed by atoms with Crippen LogP contribution in [0.4, 0.5) is 5.69 Å². The van der Waals surface area contributed by atoms with E-state index in [-0.39, 0.29) is 11.2 Å². The predicted octanol–water partition coefficient (Wildman–Crippen LogP) is 4.63. The minimum absolute atomic E-state index is 0.0719. The lowest BCUT2D eigenvalue weighted by atomic mass is 10.1. The van der Waals surface area contributed by atoms with Crippen LogP contribution in [0.1, 0.15) is 31.4 Å². The first-order valence-electron chi connectivity index (χ1n) is 8.35. The molecule has 1 aliphatic heterocycles. The third kappa shape index (κ3) is 3.82. The molecule has 1 heterocycles. The molecule has 4 nitrogen and oxygen atoms in total. The Morgan fingerprint density at radius 3 is 2.44 bits per heavy atom. The highest BCUT2D eigenvalue weighted by Gasteiger charge is 2.38. The first kappa shape index (κ1) is 17.4. The maximum atomic E-state index is 12.7. The number of anilines is 1. The topological polar surface area (TPSA) is 45.0 Å². The van der Waals surface area contributed by atoms with E-state index in [0.717, 1.165) is 28.9 Å². The van der Waals surface area contributed by atoms with Gasteiger partial charge in [-0.2, -0.15) is 5.10 Å². The van der Waals surface area contributed by atoms with Crippen LogP contribution in [0.25, 0.3) is 0 Å². The molecule has 1 aliphatic rings. The Labute approximate surface area is 152 Å². The fourth-order valence-electron chi connectivity index (χ4n) is 2.58. The summed E-state index contributed by atoms with van der Waals surface area (Å²) in [7, 11) is 0. The van der Waals surface area contributed by atoms with Crippen molar-refractivity contribution in [3.8, 4) is 0 Å². The van der Waals surface area contributed by atoms with Gasteiger partial charge in [0.05, 0.1) is 16.6 Å². The van der Waals surface area contributed by atoms with Crippen molar-refractivity contribution in [3.05, 3.63) is 65.7 Å². The molecule has 25 heavy (non-hydrogen) atoms. The molecule has 128 valence electrons. The normalized spacial score (nSPS) is 19.7. The van der Waals surface area contributed by atoms with Gasteiger partial charge < -0.3 is 0 Å². The molecule has 0 N–H and O–H groups in total. The van der Waals surface area contributed by atoms with Crippen molar-refractivity contribution in [1.29, 1.82) is 0 Å². The van der Waals surface area contributed by atoms with Gasteiger partial charge in [-0.3, -0.25) is 9.69 Å². The number of aryl methyl sites for hydroxylation is 1. The Hall–Kier alpha value is -2.40. The van der Waals surface area contributed by atoms with Gasteiger partial charge in [0.25, 0.3) is 0 Å². The summed E-state index contributed by atoms with van der Waals surface area (Å²) in [6.07, 6.45) is 0.770. The number of benzene rings is 2. The third-order valence-electron chi connectivity index (χ3n) is 4.07. The molecule has 0 spiro atoms. The number of hydrogen-bond acceptors (Lipinski definition) is 4. The molecule has 1 atom stereocenters. The van der Waals surface area contributed by atoms with E-state index >= 15 is 0 Å². The summed E-state index contributed by atoms with van der Waals surface area (Å²) in [4.78, 5) is 14.4. The summed E-state index contributed by atoms with van der Waals surface area (Å²) in [5, 5.41) is 9.29. The number of hydrogen-bond donors (Lipinski definition) is 0. The van der Waals surface area contributed by atoms with Crippen LogP contribution in [0.5, 0.6) is 0 Å². The number of nitrogens with zero attached hydrogens (tertiary/aromatic N) is 3. The summed E-state index contributed by atoms with van der Waals surface area (Å²) in [6.45, 7) is 5.97. The minimum atomic E-state index is -0.104. The molecule has 0 radical (unpaired) electrons. The van der Waals surface area contributed by atoms with E-state index in [9.17, 15) is 4.79 Å². The minimum Gasteiger partial charge on any atom is -0.273 e. The van der Waals surface area contributed by atoms with Crippen molar-refractivity contribution in [3.63, 3.8) is 0 Å². The largest absolute Gasteiger partial charge is 0.273 e. The first-order chi connectivity index (χ1) is 12.1. The molecular weight excluding hydrogens is 330 g/mol. The van der Waals surface area contributed by atoms with Crippen LogP contribution in [0.2, 0.25) is 0 Å². The molecular formula is C20H21N3OS. The highest BCUT2D eigenvalue weighted by atomic mass is 32.2. The first-order valence-corrected chi connectivity index (χ1v) is 9.23. The Morgan fingerprint density at radius 2 is 1.80 bits per heavy atom. The lowest BCUT2D eigenvalue weighted by Crippen LogP contribution is -2.31. The number of amidine groups is 1. The summed E-state index contributed by atoms with van der Waals surface area (Å²) < 4.78 is 0. The van der Waals surface area contributed by atoms with Crippen LogP contribution in [0.3, 0.4) is 0 Å². The van der Waals surface area contributed by atoms with Gasteiger partial charge in [0.15, 0.2) is 5.17 Å². The van der Waals surface area contributed by atoms with Crippen LogP contribution < -0.4 is 4.90 Å². The molecule has 0 aromatic heterocycles. The van der Waals surface area contributed by atoms with Crippen molar-refractivity contribution in [1.82, 2.24) is 0 Å². The molecule has 0 bridgehead atoms. The number of carbonyl (C=O) groups excluding carboxylic acids is 1. The van der Waals surface area contributed by atoms with Crippen molar-refractivity contribution in [2.24, 2.45) is 10.2 Å². The summed E-state index contributed by atoms with van der Waals surface area (Å²) in [5.74, 6) is 0.0719. The molecule has 5 heteroatoms. The van der Waals surface area contributed by atoms with Crippen LogP contribution in [0, 0.1) is 6.92 Å². The van der Waals surface area contributed by atoms with Crippen LogP contribution in [-0.2, 0) is 4.79 Å². The second kappa shape index (κ2) is 7.66. The maximum absolute atomic E-state index is 12.7. The molecule has 2 aromatic carbocycles. The summed E-state index contributed by atoms with van der Waals surface area (Å²) in [5.41, 5.74) is 3.84. The summed E-state index contributed by atoms with van der Waals surface area (Å²) in [6, 6.07) is 17.8. The Balaban J connectivity index is 1.94. The molecule has 2 aromatic rings. The molecule has 0 unspecified atom stereocenters. The van der Waals surface area contributed by atoms with Crippen molar-refractivity contribution >= 4 is 34.2 Å². The van der Waals surface area contributed by atoms with Crippen LogP contribution in [0.15, 0.2) is 64.8 Å².